The Labute approximate surface area is 114 Å². The fourth-order valence-corrected chi connectivity index (χ4v) is 2.60. The third-order valence-corrected chi connectivity index (χ3v) is 3.79. The summed E-state index contributed by atoms with van der Waals surface area (Å²) in [5.41, 5.74) is 6.78. The topological polar surface area (TPSA) is 21.3 Å². The van der Waals surface area contributed by atoms with Crippen LogP contribution in [0.4, 0.5) is 5.69 Å². The van der Waals surface area contributed by atoms with Gasteiger partial charge < -0.3 is 10.1 Å². The lowest BCUT2D eigenvalue weighted by molar-refractivity contribution is 0.129. The van der Waals surface area contributed by atoms with Gasteiger partial charge in [0, 0.05) is 19.3 Å². The van der Waals surface area contributed by atoms with E-state index < -0.39 is 0 Å². The lowest BCUT2D eigenvalue weighted by Gasteiger charge is -2.12. The Bertz CT molecular complexity index is 592. The number of ether oxygens (including phenoxy) is 1. The van der Waals surface area contributed by atoms with Crippen LogP contribution in [0.2, 0.25) is 0 Å². The number of hydrogen-bond acceptors (Lipinski definition) is 2. The molecule has 1 aliphatic carbocycles. The first kappa shape index (κ1) is 12.2. The number of benzene rings is 2. The maximum absolute atomic E-state index is 5.25. The van der Waals surface area contributed by atoms with Crippen LogP contribution in [-0.4, -0.2) is 19.8 Å². The second-order valence-electron chi connectivity index (χ2n) is 5.13. The highest BCUT2D eigenvalue weighted by atomic mass is 16.5. The molecule has 1 atom stereocenters. The molecule has 0 fully saturated rings. The largest absolute Gasteiger partial charge is 0.382 e. The lowest BCUT2D eigenvalue weighted by atomic mass is 10.1. The molecule has 0 bridgehead atoms. The van der Waals surface area contributed by atoms with Gasteiger partial charge in [0.15, 0.2) is 0 Å². The molecule has 3 rings (SSSR count). The second-order valence-corrected chi connectivity index (χ2v) is 5.13. The molecule has 2 aromatic rings. The third-order valence-electron chi connectivity index (χ3n) is 3.79. The highest BCUT2D eigenvalue weighted by Crippen LogP contribution is 2.37. The Balaban J connectivity index is 1.81. The van der Waals surface area contributed by atoms with E-state index in [-0.39, 0.29) is 6.10 Å². The van der Waals surface area contributed by atoms with Crippen molar-refractivity contribution in [3.8, 4) is 11.1 Å². The highest BCUT2D eigenvalue weighted by molar-refractivity contribution is 5.78. The minimum Gasteiger partial charge on any atom is -0.382 e. The molecule has 0 amide bonds. The van der Waals surface area contributed by atoms with E-state index in [0.29, 0.717) is 0 Å². The van der Waals surface area contributed by atoms with Gasteiger partial charge in [0.2, 0.25) is 0 Å². The van der Waals surface area contributed by atoms with Gasteiger partial charge >= 0.3 is 0 Å². The number of rotatable bonds is 4. The van der Waals surface area contributed by atoms with Gasteiger partial charge in [0.1, 0.15) is 0 Å². The molecule has 0 aromatic heterocycles. The van der Waals surface area contributed by atoms with Crippen molar-refractivity contribution < 1.29 is 4.74 Å². The van der Waals surface area contributed by atoms with Gasteiger partial charge in [-0.2, -0.15) is 0 Å². The van der Waals surface area contributed by atoms with Crippen molar-refractivity contribution in [1.82, 2.24) is 0 Å². The van der Waals surface area contributed by atoms with E-state index in [0.717, 1.165) is 13.0 Å². The van der Waals surface area contributed by atoms with Crippen molar-refractivity contribution in [2.75, 3.05) is 19.0 Å². The summed E-state index contributed by atoms with van der Waals surface area (Å²) in [6.45, 7) is 2.90. The Hall–Kier alpha value is -1.80. The summed E-state index contributed by atoms with van der Waals surface area (Å²) in [7, 11) is 1.74. The van der Waals surface area contributed by atoms with Crippen LogP contribution in [0.25, 0.3) is 11.1 Å². The average Bonchev–Trinajstić information content (AvgIpc) is 2.82. The summed E-state index contributed by atoms with van der Waals surface area (Å²) >= 11 is 0. The number of anilines is 1. The van der Waals surface area contributed by atoms with Crippen LogP contribution in [0.5, 0.6) is 0 Å². The maximum Gasteiger partial charge on any atom is 0.0715 e. The molecule has 0 saturated heterocycles. The number of fused-ring (bicyclic) bond motifs is 3. The normalized spacial score (nSPS) is 13.8. The van der Waals surface area contributed by atoms with Gasteiger partial charge in [-0.1, -0.05) is 30.3 Å². The molecule has 0 aliphatic heterocycles. The zero-order valence-electron chi connectivity index (χ0n) is 11.4. The van der Waals surface area contributed by atoms with Crippen molar-refractivity contribution in [3.05, 3.63) is 53.6 Å². The van der Waals surface area contributed by atoms with Crippen LogP contribution in [0.3, 0.4) is 0 Å². The first-order chi connectivity index (χ1) is 9.28. The van der Waals surface area contributed by atoms with Crippen molar-refractivity contribution in [1.29, 1.82) is 0 Å². The van der Waals surface area contributed by atoms with Crippen LogP contribution < -0.4 is 5.32 Å². The van der Waals surface area contributed by atoms with Crippen molar-refractivity contribution in [2.45, 2.75) is 19.4 Å². The fourth-order valence-electron chi connectivity index (χ4n) is 2.60. The number of methoxy groups -OCH3 is 1. The van der Waals surface area contributed by atoms with Gasteiger partial charge in [-0.15, -0.1) is 0 Å². The molecule has 1 N–H and O–H groups in total. The summed E-state index contributed by atoms with van der Waals surface area (Å²) in [5, 5.41) is 3.43. The zero-order chi connectivity index (χ0) is 13.2. The SMILES string of the molecule is COC(C)CNc1ccc2c(c1)Cc1ccccc1-2. The molecule has 19 heavy (non-hydrogen) atoms. The van der Waals surface area contributed by atoms with Crippen molar-refractivity contribution >= 4 is 5.69 Å². The fraction of sp³-hybridized carbons (Fsp3) is 0.294. The standard InChI is InChI=1S/C17H19NO/c1-12(19-2)11-18-15-7-8-17-14(10-15)9-13-5-3-4-6-16(13)17/h3-8,10,12,18H,9,11H2,1-2H3. The molecule has 0 heterocycles. The number of nitrogens with one attached hydrogen (secondary N) is 1. The molecule has 0 saturated carbocycles. The Kier molecular flexibility index (Phi) is 3.26. The quantitative estimate of drug-likeness (QED) is 0.765. The predicted molar refractivity (Wildman–Crippen MR) is 79.6 cm³/mol. The van der Waals surface area contributed by atoms with Gasteiger partial charge in [0.05, 0.1) is 6.10 Å². The summed E-state index contributed by atoms with van der Waals surface area (Å²) in [4.78, 5) is 0. The summed E-state index contributed by atoms with van der Waals surface area (Å²) in [5.74, 6) is 0. The van der Waals surface area contributed by atoms with Gasteiger partial charge in [-0.3, -0.25) is 0 Å². The molecule has 1 unspecified atom stereocenters. The second kappa shape index (κ2) is 5.06. The van der Waals surface area contributed by atoms with Gasteiger partial charge in [-0.05, 0) is 47.7 Å². The monoisotopic (exact) mass is 253 g/mol. The predicted octanol–water partition coefficient (Wildman–Crippen LogP) is 3.70. The highest BCUT2D eigenvalue weighted by Gasteiger charge is 2.17. The van der Waals surface area contributed by atoms with Crippen molar-refractivity contribution in [3.63, 3.8) is 0 Å². The molecular formula is C17H19NO. The minimum atomic E-state index is 0.227. The summed E-state index contributed by atoms with van der Waals surface area (Å²) in [6.07, 6.45) is 1.27. The summed E-state index contributed by atoms with van der Waals surface area (Å²) < 4.78 is 5.25. The Morgan fingerprint density at radius 2 is 1.89 bits per heavy atom. The van der Waals surface area contributed by atoms with E-state index >= 15 is 0 Å². The number of hydrogen-bond donors (Lipinski definition) is 1. The average molecular weight is 253 g/mol. The smallest absolute Gasteiger partial charge is 0.0715 e. The van der Waals surface area contributed by atoms with Crippen LogP contribution >= 0.6 is 0 Å². The molecule has 1 aliphatic rings. The molecule has 2 heteroatoms. The minimum absolute atomic E-state index is 0.227. The summed E-state index contributed by atoms with van der Waals surface area (Å²) in [6, 6.07) is 15.3. The molecule has 2 nitrogen and oxygen atoms in total. The van der Waals surface area contributed by atoms with Gasteiger partial charge in [0.25, 0.3) is 0 Å². The Morgan fingerprint density at radius 3 is 2.74 bits per heavy atom. The molecule has 2 aromatic carbocycles. The lowest BCUT2D eigenvalue weighted by Crippen LogP contribution is -2.18. The molecule has 0 radical (unpaired) electrons. The van der Waals surface area contributed by atoms with Crippen LogP contribution in [0, 0.1) is 0 Å². The van der Waals surface area contributed by atoms with E-state index in [4.69, 9.17) is 4.74 Å². The first-order valence-electron chi connectivity index (χ1n) is 6.76. The van der Waals surface area contributed by atoms with E-state index in [2.05, 4.69) is 54.7 Å². The van der Waals surface area contributed by atoms with Crippen LogP contribution in [0.15, 0.2) is 42.5 Å². The zero-order valence-corrected chi connectivity index (χ0v) is 11.4. The van der Waals surface area contributed by atoms with Crippen molar-refractivity contribution in [2.24, 2.45) is 0 Å². The third kappa shape index (κ3) is 2.36. The van der Waals surface area contributed by atoms with Gasteiger partial charge in [-0.25, -0.2) is 0 Å². The van der Waals surface area contributed by atoms with Crippen LogP contribution in [0.1, 0.15) is 18.1 Å². The Morgan fingerprint density at radius 1 is 1.11 bits per heavy atom. The van der Waals surface area contributed by atoms with Crippen LogP contribution in [-0.2, 0) is 11.2 Å². The van der Waals surface area contributed by atoms with E-state index in [9.17, 15) is 0 Å². The van der Waals surface area contributed by atoms with E-state index in [1.165, 1.54) is 27.9 Å². The first-order valence-corrected chi connectivity index (χ1v) is 6.76. The molecular weight excluding hydrogens is 234 g/mol. The van der Waals surface area contributed by atoms with E-state index in [1.807, 2.05) is 0 Å². The molecule has 0 spiro atoms. The molecule has 98 valence electrons. The maximum atomic E-state index is 5.25. The van der Waals surface area contributed by atoms with E-state index in [1.54, 1.807) is 7.11 Å².